The lowest BCUT2D eigenvalue weighted by molar-refractivity contribution is -0.144. The van der Waals surface area contributed by atoms with Gasteiger partial charge in [0.1, 0.15) is 5.82 Å². The highest BCUT2D eigenvalue weighted by Gasteiger charge is 2.26. The van der Waals surface area contributed by atoms with Gasteiger partial charge in [-0.1, -0.05) is 20.8 Å². The van der Waals surface area contributed by atoms with Gasteiger partial charge in [-0.25, -0.2) is 10.0 Å². The second-order valence-corrected chi connectivity index (χ2v) is 5.21. The van der Waals surface area contributed by atoms with Gasteiger partial charge in [0.25, 0.3) is 0 Å². The second-order valence-electron chi connectivity index (χ2n) is 5.21. The van der Waals surface area contributed by atoms with Crippen LogP contribution < -0.4 is 0 Å². The van der Waals surface area contributed by atoms with Crippen molar-refractivity contribution in [1.29, 1.82) is 0 Å². The Labute approximate surface area is 100 Å². The Kier molecular flexibility index (Phi) is 3.15. The molecular weight excluding hydrogens is 220 g/mol. The molecule has 1 fully saturated rings. The number of rotatable bonds is 1. The monoisotopic (exact) mass is 238 g/mol. The number of carbonyl (C=O) groups is 1. The van der Waals surface area contributed by atoms with Gasteiger partial charge in [0.2, 0.25) is 5.82 Å². The molecule has 17 heavy (non-hydrogen) atoms. The zero-order valence-electron chi connectivity index (χ0n) is 10.5. The molecule has 2 rings (SSSR count). The first-order chi connectivity index (χ1) is 7.98. The molecule has 1 amide bonds. The number of hydrogen-bond donors (Lipinski definition) is 1. The first-order valence-electron chi connectivity index (χ1n) is 5.86. The number of H-pyrrole nitrogens is 1. The van der Waals surface area contributed by atoms with Crippen LogP contribution in [0.5, 0.6) is 0 Å². The minimum atomic E-state index is -0.267. The molecule has 0 saturated carbocycles. The molecule has 2 heterocycles. The number of aromatic amines is 1. The maximum atomic E-state index is 12.0. The third-order valence-corrected chi connectivity index (χ3v) is 2.62. The molecule has 6 heteroatoms. The summed E-state index contributed by atoms with van der Waals surface area (Å²) >= 11 is 0. The summed E-state index contributed by atoms with van der Waals surface area (Å²) in [5, 5.41) is 8.10. The molecule has 1 aliphatic heterocycles. The normalized spacial score (nSPS) is 17.2. The van der Waals surface area contributed by atoms with E-state index in [-0.39, 0.29) is 17.1 Å². The summed E-state index contributed by atoms with van der Waals surface area (Å²) in [5.41, 5.74) is -0.145. The van der Waals surface area contributed by atoms with Crippen molar-refractivity contribution in [3.63, 3.8) is 0 Å². The Hall–Kier alpha value is -1.43. The lowest BCUT2D eigenvalue weighted by Crippen LogP contribution is -2.36. The van der Waals surface area contributed by atoms with Gasteiger partial charge < -0.3 is 0 Å². The average Bonchev–Trinajstić information content (AvgIpc) is 2.78. The molecule has 0 bridgehead atoms. The quantitative estimate of drug-likeness (QED) is 0.799. The van der Waals surface area contributed by atoms with Crippen molar-refractivity contribution in [2.75, 3.05) is 13.2 Å². The summed E-state index contributed by atoms with van der Waals surface area (Å²) in [7, 11) is 0. The first kappa shape index (κ1) is 12.0. The van der Waals surface area contributed by atoms with E-state index in [4.69, 9.17) is 4.84 Å². The molecule has 1 N–H and O–H groups in total. The van der Waals surface area contributed by atoms with Gasteiger partial charge in [-0.3, -0.25) is 14.7 Å². The standard InChI is InChI=1S/C11H18N4O2/c1-11(2,3)10-12-8(13-14-10)9(16)15-6-4-5-7-17-15/h4-7H2,1-3H3,(H,12,13,14). The maximum Gasteiger partial charge on any atom is 0.317 e. The summed E-state index contributed by atoms with van der Waals surface area (Å²) in [6.45, 7) is 7.23. The van der Waals surface area contributed by atoms with E-state index < -0.39 is 0 Å². The third-order valence-electron chi connectivity index (χ3n) is 2.62. The van der Waals surface area contributed by atoms with Crippen LogP contribution in [0.15, 0.2) is 0 Å². The zero-order valence-corrected chi connectivity index (χ0v) is 10.5. The van der Waals surface area contributed by atoms with Gasteiger partial charge in [-0.2, -0.15) is 0 Å². The second kappa shape index (κ2) is 4.44. The number of nitrogens with one attached hydrogen (secondary N) is 1. The van der Waals surface area contributed by atoms with Crippen LogP contribution in [0.25, 0.3) is 0 Å². The SMILES string of the molecule is CC(C)(C)c1nc(C(=O)N2CCCCO2)n[nH]1. The maximum absolute atomic E-state index is 12.0. The summed E-state index contributed by atoms with van der Waals surface area (Å²) in [6.07, 6.45) is 1.95. The van der Waals surface area contributed by atoms with Crippen molar-refractivity contribution < 1.29 is 9.63 Å². The van der Waals surface area contributed by atoms with Crippen LogP contribution in [0, 0.1) is 0 Å². The van der Waals surface area contributed by atoms with Gasteiger partial charge in [-0.05, 0) is 12.8 Å². The largest absolute Gasteiger partial charge is 0.317 e. The Bertz CT molecular complexity index is 402. The van der Waals surface area contributed by atoms with E-state index in [1.165, 1.54) is 5.06 Å². The van der Waals surface area contributed by atoms with Crippen molar-refractivity contribution >= 4 is 5.91 Å². The van der Waals surface area contributed by atoms with Crippen molar-refractivity contribution in [3.05, 3.63) is 11.6 Å². The van der Waals surface area contributed by atoms with E-state index in [2.05, 4.69) is 15.2 Å². The Morgan fingerprint density at radius 1 is 1.41 bits per heavy atom. The Morgan fingerprint density at radius 3 is 2.71 bits per heavy atom. The Balaban J connectivity index is 2.11. The molecular formula is C11H18N4O2. The number of hydroxylamine groups is 2. The number of nitrogens with zero attached hydrogens (tertiary/aromatic N) is 3. The van der Waals surface area contributed by atoms with Gasteiger partial charge in [0.15, 0.2) is 0 Å². The fourth-order valence-electron chi connectivity index (χ4n) is 1.56. The van der Waals surface area contributed by atoms with Crippen molar-refractivity contribution in [3.8, 4) is 0 Å². The molecule has 6 nitrogen and oxygen atoms in total. The van der Waals surface area contributed by atoms with E-state index >= 15 is 0 Å². The molecule has 0 atom stereocenters. The minimum absolute atomic E-state index is 0.145. The fourth-order valence-corrected chi connectivity index (χ4v) is 1.56. The van der Waals surface area contributed by atoms with Crippen molar-refractivity contribution in [2.45, 2.75) is 39.0 Å². The van der Waals surface area contributed by atoms with E-state index in [0.717, 1.165) is 12.8 Å². The van der Waals surface area contributed by atoms with E-state index in [1.54, 1.807) is 0 Å². The van der Waals surface area contributed by atoms with Gasteiger partial charge >= 0.3 is 5.91 Å². The number of carbonyl (C=O) groups excluding carboxylic acids is 1. The fraction of sp³-hybridized carbons (Fsp3) is 0.727. The molecule has 0 spiro atoms. The average molecular weight is 238 g/mol. The predicted molar refractivity (Wildman–Crippen MR) is 61.3 cm³/mol. The van der Waals surface area contributed by atoms with E-state index in [1.807, 2.05) is 20.8 Å². The van der Waals surface area contributed by atoms with Crippen molar-refractivity contribution in [1.82, 2.24) is 20.2 Å². The first-order valence-corrected chi connectivity index (χ1v) is 5.86. The smallest absolute Gasteiger partial charge is 0.271 e. The zero-order chi connectivity index (χ0) is 12.5. The molecule has 1 saturated heterocycles. The van der Waals surface area contributed by atoms with Crippen LogP contribution in [-0.2, 0) is 10.3 Å². The molecule has 1 aliphatic rings. The summed E-state index contributed by atoms with van der Waals surface area (Å²) in [4.78, 5) is 21.5. The lowest BCUT2D eigenvalue weighted by atomic mass is 9.96. The Morgan fingerprint density at radius 2 is 2.18 bits per heavy atom. The molecule has 0 radical (unpaired) electrons. The summed E-state index contributed by atoms with van der Waals surface area (Å²) in [5.74, 6) is 0.617. The summed E-state index contributed by atoms with van der Waals surface area (Å²) in [6, 6.07) is 0. The molecule has 0 unspecified atom stereocenters. The van der Waals surface area contributed by atoms with E-state index in [9.17, 15) is 4.79 Å². The van der Waals surface area contributed by atoms with Gasteiger partial charge in [-0.15, -0.1) is 5.10 Å². The minimum Gasteiger partial charge on any atom is -0.271 e. The topological polar surface area (TPSA) is 71.1 Å². The predicted octanol–water partition coefficient (Wildman–Crippen LogP) is 1.27. The van der Waals surface area contributed by atoms with Crippen LogP contribution >= 0.6 is 0 Å². The molecule has 0 aliphatic carbocycles. The highest BCUT2D eigenvalue weighted by atomic mass is 16.7. The van der Waals surface area contributed by atoms with E-state index in [0.29, 0.717) is 19.0 Å². The van der Waals surface area contributed by atoms with Crippen LogP contribution in [-0.4, -0.2) is 39.3 Å². The molecule has 1 aromatic heterocycles. The van der Waals surface area contributed by atoms with Crippen LogP contribution in [0.2, 0.25) is 0 Å². The molecule has 94 valence electrons. The van der Waals surface area contributed by atoms with Crippen molar-refractivity contribution in [2.24, 2.45) is 0 Å². The van der Waals surface area contributed by atoms with Crippen LogP contribution in [0.1, 0.15) is 50.1 Å². The van der Waals surface area contributed by atoms with Gasteiger partial charge in [0, 0.05) is 12.0 Å². The van der Waals surface area contributed by atoms with Crippen LogP contribution in [0.4, 0.5) is 0 Å². The number of aromatic nitrogens is 3. The number of amides is 1. The third kappa shape index (κ3) is 2.63. The van der Waals surface area contributed by atoms with Crippen LogP contribution in [0.3, 0.4) is 0 Å². The number of hydrogen-bond acceptors (Lipinski definition) is 4. The molecule has 0 aromatic carbocycles. The highest BCUT2D eigenvalue weighted by Crippen LogP contribution is 2.18. The molecule has 1 aromatic rings. The highest BCUT2D eigenvalue weighted by molar-refractivity contribution is 5.89. The summed E-state index contributed by atoms with van der Waals surface area (Å²) < 4.78 is 0. The lowest BCUT2D eigenvalue weighted by Gasteiger charge is -2.24. The van der Waals surface area contributed by atoms with Gasteiger partial charge in [0.05, 0.1) is 6.61 Å².